The maximum absolute atomic E-state index is 14.0. The number of rotatable bonds is 3. The average molecular weight is 475 g/mol. The Morgan fingerprint density at radius 3 is 2.48 bits per heavy atom. The van der Waals surface area contributed by atoms with Crippen LogP contribution >= 0.6 is 0 Å². The Hall–Kier alpha value is -2.94. The number of Topliss-reactive ketones (excluding diaryl/α,β-unsaturated/α-hetero) is 1. The Balaban J connectivity index is 1.62. The molecule has 2 aliphatic heterocycles. The van der Waals surface area contributed by atoms with E-state index in [1.165, 1.54) is 36.9 Å². The maximum atomic E-state index is 14.0. The van der Waals surface area contributed by atoms with Gasteiger partial charge in [0.05, 0.1) is 5.69 Å². The quantitative estimate of drug-likeness (QED) is 0.674. The van der Waals surface area contributed by atoms with Crippen LogP contribution in [0.1, 0.15) is 39.2 Å². The van der Waals surface area contributed by atoms with Crippen LogP contribution in [0.4, 0.5) is 14.9 Å². The van der Waals surface area contributed by atoms with E-state index < -0.39 is 44.0 Å². The fourth-order valence-electron chi connectivity index (χ4n) is 4.91. The minimum atomic E-state index is -4.12. The second-order valence-corrected chi connectivity index (χ2v) is 11.5. The molecule has 9 heteroatoms. The summed E-state index contributed by atoms with van der Waals surface area (Å²) in [5, 5.41) is 0. The van der Waals surface area contributed by atoms with Gasteiger partial charge in [-0.2, -0.15) is 0 Å². The zero-order valence-corrected chi connectivity index (χ0v) is 19.6. The molecule has 2 heterocycles. The Morgan fingerprint density at radius 1 is 1.15 bits per heavy atom. The lowest BCUT2D eigenvalue weighted by Gasteiger charge is -2.45. The fraction of sp³-hybridized carbons (Fsp3) is 0.417. The summed E-state index contributed by atoms with van der Waals surface area (Å²) in [5.74, 6) is -1.03. The fourth-order valence-corrected chi connectivity index (χ4v) is 6.89. The van der Waals surface area contributed by atoms with E-state index in [1.54, 1.807) is 6.92 Å². The number of benzene rings is 2. The van der Waals surface area contributed by atoms with Crippen LogP contribution < -0.4 is 4.31 Å². The van der Waals surface area contributed by atoms with Crippen LogP contribution in [-0.2, 0) is 26.2 Å². The van der Waals surface area contributed by atoms with Crippen LogP contribution in [-0.4, -0.2) is 48.1 Å². The van der Waals surface area contributed by atoms with Gasteiger partial charge in [-0.05, 0) is 57.4 Å². The number of hydrogen-bond donors (Lipinski definition) is 0. The second kappa shape index (κ2) is 8.13. The summed E-state index contributed by atoms with van der Waals surface area (Å²) in [5.41, 5.74) is -0.435. The van der Waals surface area contributed by atoms with Gasteiger partial charge in [0.15, 0.2) is 5.78 Å². The number of carbonyl (C=O) groups excluding carboxylic acids is 2. The third kappa shape index (κ3) is 3.68. The third-order valence-electron chi connectivity index (χ3n) is 6.66. The molecule has 0 saturated carbocycles. The van der Waals surface area contributed by atoms with Crippen LogP contribution in [0, 0.1) is 5.82 Å². The summed E-state index contributed by atoms with van der Waals surface area (Å²) in [6.45, 7) is 4.79. The molecular weight excluding hydrogens is 447 g/mol. The topological polar surface area (TPSA) is 84.0 Å². The van der Waals surface area contributed by atoms with Crippen LogP contribution in [0.5, 0.6) is 0 Å². The first-order valence-electron chi connectivity index (χ1n) is 10.8. The first-order valence-corrected chi connectivity index (χ1v) is 12.3. The smallest absolute Gasteiger partial charge is 0.410 e. The number of sulfonamides is 1. The van der Waals surface area contributed by atoms with Gasteiger partial charge in [-0.25, -0.2) is 17.6 Å². The van der Waals surface area contributed by atoms with Gasteiger partial charge in [0.2, 0.25) is 10.0 Å². The molecule has 0 aromatic heterocycles. The molecule has 2 aromatic rings. The lowest BCUT2D eigenvalue weighted by molar-refractivity contribution is -0.126. The number of ether oxygens (including phenoxy) is 1. The van der Waals surface area contributed by atoms with E-state index in [9.17, 15) is 22.4 Å². The van der Waals surface area contributed by atoms with Crippen molar-refractivity contribution < 1.29 is 27.1 Å². The third-order valence-corrected chi connectivity index (χ3v) is 9.17. The first kappa shape index (κ1) is 23.2. The summed E-state index contributed by atoms with van der Waals surface area (Å²) in [6, 6.07) is 14.1. The highest BCUT2D eigenvalue weighted by atomic mass is 32.2. The lowest BCUT2D eigenvalue weighted by atomic mass is 9.76. The van der Waals surface area contributed by atoms with Crippen LogP contribution in [0.15, 0.2) is 54.6 Å². The number of hydrogen-bond acceptors (Lipinski definition) is 5. The number of carbonyl (C=O) groups is 2. The van der Waals surface area contributed by atoms with Gasteiger partial charge in [0.25, 0.3) is 0 Å². The van der Waals surface area contributed by atoms with Crippen molar-refractivity contribution >= 4 is 27.6 Å². The molecule has 0 bridgehead atoms. The molecule has 176 valence electrons. The Morgan fingerprint density at radius 2 is 1.85 bits per heavy atom. The van der Waals surface area contributed by atoms with E-state index >= 15 is 0 Å². The molecule has 7 nitrogen and oxygen atoms in total. The van der Waals surface area contributed by atoms with Crippen molar-refractivity contribution in [2.24, 2.45) is 0 Å². The average Bonchev–Trinajstić information content (AvgIpc) is 2.87. The predicted molar refractivity (Wildman–Crippen MR) is 122 cm³/mol. The minimum Gasteiger partial charge on any atom is -0.445 e. The van der Waals surface area contributed by atoms with E-state index in [2.05, 4.69) is 0 Å². The monoisotopic (exact) mass is 474 g/mol. The van der Waals surface area contributed by atoms with Crippen molar-refractivity contribution in [1.29, 1.82) is 0 Å². The minimum absolute atomic E-state index is 0.0887. The Kier molecular flexibility index (Phi) is 5.72. The molecule has 1 unspecified atom stereocenters. The SMILES string of the molecule is CC1C[C@@]2(CCN1C(=O)OCc1ccccc1)C(=O)C(C)(C)S(=O)(=O)N2c1cccc(F)c1. The number of likely N-dealkylation sites (tertiary alicyclic amines) is 1. The summed E-state index contributed by atoms with van der Waals surface area (Å²) in [7, 11) is -4.12. The van der Waals surface area contributed by atoms with Gasteiger partial charge in [-0.1, -0.05) is 36.4 Å². The molecule has 2 atom stereocenters. The predicted octanol–water partition coefficient (Wildman–Crippen LogP) is 3.88. The molecule has 0 N–H and O–H groups in total. The van der Waals surface area contributed by atoms with Crippen LogP contribution in [0.2, 0.25) is 0 Å². The molecule has 4 rings (SSSR count). The second-order valence-electron chi connectivity index (χ2n) is 9.16. The van der Waals surface area contributed by atoms with Gasteiger partial charge in [0, 0.05) is 12.6 Å². The van der Waals surface area contributed by atoms with Gasteiger partial charge < -0.3 is 9.64 Å². The standard InChI is InChI=1S/C24H27FN2O5S/c1-17-15-24(12-13-26(17)22(29)32-16-18-8-5-4-6-9-18)21(28)23(2,3)33(30,31)27(24)20-11-7-10-19(25)14-20/h4-11,14,17H,12-13,15-16H2,1-3H3/t17?,24-/m0/s1. The molecular formula is C24H27FN2O5S. The number of amides is 1. The van der Waals surface area contributed by atoms with Crippen molar-refractivity contribution in [1.82, 2.24) is 4.90 Å². The lowest BCUT2D eigenvalue weighted by Crippen LogP contribution is -2.60. The molecule has 1 spiro atoms. The van der Waals surface area contributed by atoms with Crippen molar-refractivity contribution in [3.63, 3.8) is 0 Å². The highest BCUT2D eigenvalue weighted by Crippen LogP contribution is 2.49. The molecule has 2 aliphatic rings. The van der Waals surface area contributed by atoms with E-state index in [0.717, 1.165) is 15.9 Å². The number of piperidine rings is 1. The summed E-state index contributed by atoms with van der Waals surface area (Å²) >= 11 is 0. The zero-order chi connectivity index (χ0) is 24.0. The first-order chi connectivity index (χ1) is 15.5. The van der Waals surface area contributed by atoms with Gasteiger partial charge in [0.1, 0.15) is 22.7 Å². The van der Waals surface area contributed by atoms with Crippen molar-refractivity contribution in [3.05, 3.63) is 66.0 Å². The molecule has 2 saturated heterocycles. The summed E-state index contributed by atoms with van der Waals surface area (Å²) in [6.07, 6.45) is -0.340. The number of anilines is 1. The molecule has 33 heavy (non-hydrogen) atoms. The number of halogens is 1. The number of nitrogens with zero attached hydrogens (tertiary/aromatic N) is 2. The largest absolute Gasteiger partial charge is 0.445 e. The Labute approximate surface area is 193 Å². The van der Waals surface area contributed by atoms with Gasteiger partial charge >= 0.3 is 6.09 Å². The van der Waals surface area contributed by atoms with Crippen LogP contribution in [0.25, 0.3) is 0 Å². The van der Waals surface area contributed by atoms with Gasteiger partial charge in [-0.15, -0.1) is 0 Å². The summed E-state index contributed by atoms with van der Waals surface area (Å²) in [4.78, 5) is 27.8. The normalized spacial score (nSPS) is 25.9. The van der Waals surface area contributed by atoms with Crippen molar-refractivity contribution in [2.75, 3.05) is 10.8 Å². The molecule has 0 radical (unpaired) electrons. The van der Waals surface area contributed by atoms with E-state index in [-0.39, 0.29) is 31.7 Å². The summed E-state index contributed by atoms with van der Waals surface area (Å²) < 4.78 is 45.8. The van der Waals surface area contributed by atoms with Crippen molar-refractivity contribution in [2.45, 2.75) is 56.5 Å². The van der Waals surface area contributed by atoms with E-state index in [4.69, 9.17) is 4.74 Å². The van der Waals surface area contributed by atoms with E-state index in [0.29, 0.717) is 0 Å². The van der Waals surface area contributed by atoms with Crippen LogP contribution in [0.3, 0.4) is 0 Å². The zero-order valence-electron chi connectivity index (χ0n) is 18.8. The molecule has 0 aliphatic carbocycles. The number of ketones is 1. The Bertz CT molecular complexity index is 1180. The van der Waals surface area contributed by atoms with Crippen molar-refractivity contribution in [3.8, 4) is 0 Å². The molecule has 2 fully saturated rings. The highest BCUT2D eigenvalue weighted by Gasteiger charge is 2.68. The highest BCUT2D eigenvalue weighted by molar-refractivity contribution is 7.95. The van der Waals surface area contributed by atoms with E-state index in [1.807, 2.05) is 30.3 Å². The van der Waals surface area contributed by atoms with Gasteiger partial charge in [-0.3, -0.25) is 9.10 Å². The maximum Gasteiger partial charge on any atom is 0.410 e. The molecule has 1 amide bonds. The molecule has 2 aromatic carbocycles.